The Morgan fingerprint density at radius 3 is 2.61 bits per heavy atom. The van der Waals surface area contributed by atoms with Crippen LogP contribution in [0.5, 0.6) is 0 Å². The van der Waals surface area contributed by atoms with E-state index in [1.807, 2.05) is 6.92 Å². The number of aliphatic carboxylic acids is 1. The molecule has 2 aliphatic rings. The Balaban J connectivity index is 1.62. The summed E-state index contributed by atoms with van der Waals surface area (Å²) in [7, 11) is 0. The van der Waals surface area contributed by atoms with Crippen LogP contribution < -0.4 is 10.6 Å². The topological polar surface area (TPSA) is 87.7 Å². The molecule has 3 atom stereocenters. The van der Waals surface area contributed by atoms with Crippen molar-refractivity contribution in [1.82, 2.24) is 10.6 Å². The number of ether oxygens (including phenoxy) is 1. The van der Waals surface area contributed by atoms with Gasteiger partial charge in [-0.3, -0.25) is 0 Å². The molecule has 3 N–H and O–H groups in total. The zero-order valence-electron chi connectivity index (χ0n) is 10.5. The summed E-state index contributed by atoms with van der Waals surface area (Å²) in [5, 5.41) is 14.4. The summed E-state index contributed by atoms with van der Waals surface area (Å²) >= 11 is 0. The second-order valence-corrected chi connectivity index (χ2v) is 5.14. The predicted octanol–water partition coefficient (Wildman–Crippen LogP) is 0.716. The number of carbonyl (C=O) groups excluding carboxylic acids is 1. The van der Waals surface area contributed by atoms with Crippen LogP contribution in [0, 0.1) is 5.92 Å². The molecule has 0 radical (unpaired) electrons. The molecule has 2 rings (SSSR count). The van der Waals surface area contributed by atoms with Gasteiger partial charge in [0.2, 0.25) is 0 Å². The molecule has 0 bridgehead atoms. The van der Waals surface area contributed by atoms with Crippen molar-refractivity contribution >= 4 is 12.0 Å². The van der Waals surface area contributed by atoms with E-state index in [0.717, 1.165) is 0 Å². The molecule has 6 heteroatoms. The minimum Gasteiger partial charge on any atom is -0.479 e. The number of hydrogen-bond acceptors (Lipinski definition) is 3. The first-order valence-corrected chi connectivity index (χ1v) is 6.49. The van der Waals surface area contributed by atoms with Gasteiger partial charge in [0.1, 0.15) is 0 Å². The summed E-state index contributed by atoms with van der Waals surface area (Å²) in [6, 6.07) is 0.0121. The molecule has 0 aromatic carbocycles. The van der Waals surface area contributed by atoms with E-state index in [9.17, 15) is 9.59 Å². The van der Waals surface area contributed by atoms with Crippen LogP contribution in [0.2, 0.25) is 0 Å². The third kappa shape index (κ3) is 3.60. The normalized spacial score (nSPS) is 28.7. The molecule has 0 spiro atoms. The van der Waals surface area contributed by atoms with Gasteiger partial charge >= 0.3 is 12.0 Å². The molecule has 2 amide bonds. The first-order chi connectivity index (χ1) is 8.56. The molecule has 1 aliphatic heterocycles. The fourth-order valence-corrected chi connectivity index (χ4v) is 2.22. The number of amides is 2. The minimum atomic E-state index is -0.927. The standard InChI is InChI=1S/C12H20N2O4/c1-7(8-2-3-8)14-12(17)13-6-9-4-5-10(18-9)11(15)16/h7-10H,2-6H2,1H3,(H,15,16)(H2,13,14,17). The molecular formula is C12H20N2O4. The van der Waals surface area contributed by atoms with Crippen molar-refractivity contribution in [3.05, 3.63) is 0 Å². The van der Waals surface area contributed by atoms with Gasteiger partial charge < -0.3 is 20.5 Å². The number of carboxylic acids is 1. The SMILES string of the molecule is CC(NC(=O)NCC1CCC(C(=O)O)O1)C1CC1. The van der Waals surface area contributed by atoms with E-state index < -0.39 is 12.1 Å². The number of nitrogens with one attached hydrogen (secondary N) is 2. The fraction of sp³-hybridized carbons (Fsp3) is 0.833. The van der Waals surface area contributed by atoms with Crippen molar-refractivity contribution in [3.8, 4) is 0 Å². The van der Waals surface area contributed by atoms with Crippen LogP contribution in [-0.2, 0) is 9.53 Å². The fourth-order valence-electron chi connectivity index (χ4n) is 2.22. The third-order valence-corrected chi connectivity index (χ3v) is 3.56. The maximum atomic E-state index is 11.6. The molecule has 102 valence electrons. The van der Waals surface area contributed by atoms with E-state index in [4.69, 9.17) is 9.84 Å². The second kappa shape index (κ2) is 5.56. The van der Waals surface area contributed by atoms with Gasteiger partial charge in [0.15, 0.2) is 6.10 Å². The van der Waals surface area contributed by atoms with Gasteiger partial charge in [-0.2, -0.15) is 0 Å². The zero-order valence-corrected chi connectivity index (χ0v) is 10.5. The van der Waals surface area contributed by atoms with E-state index >= 15 is 0 Å². The lowest BCUT2D eigenvalue weighted by atomic mass is 10.2. The van der Waals surface area contributed by atoms with Crippen LogP contribution in [0.25, 0.3) is 0 Å². The number of hydrogen-bond donors (Lipinski definition) is 3. The highest BCUT2D eigenvalue weighted by molar-refractivity contribution is 5.74. The quantitative estimate of drug-likeness (QED) is 0.676. The Labute approximate surface area is 106 Å². The molecule has 1 saturated heterocycles. The van der Waals surface area contributed by atoms with Crippen LogP contribution in [0.1, 0.15) is 32.6 Å². The number of urea groups is 1. The molecule has 1 saturated carbocycles. The van der Waals surface area contributed by atoms with Crippen LogP contribution in [-0.4, -0.2) is 41.9 Å². The lowest BCUT2D eigenvalue weighted by molar-refractivity contribution is -0.149. The summed E-state index contributed by atoms with van der Waals surface area (Å²) < 4.78 is 5.30. The molecular weight excluding hydrogens is 236 g/mol. The Kier molecular flexibility index (Phi) is 4.06. The molecule has 18 heavy (non-hydrogen) atoms. The van der Waals surface area contributed by atoms with Gasteiger partial charge in [-0.25, -0.2) is 9.59 Å². The first-order valence-electron chi connectivity index (χ1n) is 6.49. The van der Waals surface area contributed by atoms with E-state index in [1.54, 1.807) is 0 Å². The Hall–Kier alpha value is -1.30. The molecule has 2 fully saturated rings. The van der Waals surface area contributed by atoms with Crippen molar-refractivity contribution in [2.45, 2.75) is 50.9 Å². The lowest BCUT2D eigenvalue weighted by Gasteiger charge is -2.16. The lowest BCUT2D eigenvalue weighted by Crippen LogP contribution is -2.44. The Bertz CT molecular complexity index is 330. The van der Waals surface area contributed by atoms with Crippen LogP contribution in [0.4, 0.5) is 4.79 Å². The molecule has 3 unspecified atom stereocenters. The summed E-state index contributed by atoms with van der Waals surface area (Å²) in [6.45, 7) is 2.37. The first kappa shape index (κ1) is 13.1. The van der Waals surface area contributed by atoms with E-state index in [1.165, 1.54) is 12.8 Å². The van der Waals surface area contributed by atoms with E-state index in [0.29, 0.717) is 25.3 Å². The van der Waals surface area contributed by atoms with Gasteiger partial charge in [-0.05, 0) is 38.5 Å². The van der Waals surface area contributed by atoms with Crippen molar-refractivity contribution in [2.24, 2.45) is 5.92 Å². The van der Waals surface area contributed by atoms with Gasteiger partial charge in [0.05, 0.1) is 6.10 Å². The highest BCUT2D eigenvalue weighted by atomic mass is 16.5. The average Bonchev–Trinajstić information content (AvgIpc) is 3.05. The molecule has 0 aromatic rings. The van der Waals surface area contributed by atoms with E-state index in [2.05, 4.69) is 10.6 Å². The predicted molar refractivity (Wildman–Crippen MR) is 64.3 cm³/mol. The number of carboxylic acid groups (broad SMARTS) is 1. The van der Waals surface area contributed by atoms with Crippen molar-refractivity contribution < 1.29 is 19.4 Å². The van der Waals surface area contributed by atoms with Crippen LogP contribution >= 0.6 is 0 Å². The zero-order chi connectivity index (χ0) is 13.1. The smallest absolute Gasteiger partial charge is 0.332 e. The van der Waals surface area contributed by atoms with Gasteiger partial charge in [0, 0.05) is 12.6 Å². The molecule has 1 aliphatic carbocycles. The highest BCUT2D eigenvalue weighted by Gasteiger charge is 2.31. The number of rotatable bonds is 5. The summed E-state index contributed by atoms with van der Waals surface area (Å²) in [6.07, 6.45) is 2.66. The second-order valence-electron chi connectivity index (χ2n) is 5.14. The maximum Gasteiger partial charge on any atom is 0.332 e. The van der Waals surface area contributed by atoms with E-state index in [-0.39, 0.29) is 18.2 Å². The maximum absolute atomic E-state index is 11.6. The largest absolute Gasteiger partial charge is 0.479 e. The van der Waals surface area contributed by atoms with Crippen LogP contribution in [0.15, 0.2) is 0 Å². The summed E-state index contributed by atoms with van der Waals surface area (Å²) in [5.41, 5.74) is 0. The van der Waals surface area contributed by atoms with Gasteiger partial charge in [-0.15, -0.1) is 0 Å². The molecule has 0 aromatic heterocycles. The van der Waals surface area contributed by atoms with Crippen molar-refractivity contribution in [2.75, 3.05) is 6.54 Å². The Morgan fingerprint density at radius 2 is 2.06 bits per heavy atom. The van der Waals surface area contributed by atoms with Crippen molar-refractivity contribution in [3.63, 3.8) is 0 Å². The van der Waals surface area contributed by atoms with Crippen molar-refractivity contribution in [1.29, 1.82) is 0 Å². The minimum absolute atomic E-state index is 0.187. The number of carbonyl (C=O) groups is 2. The van der Waals surface area contributed by atoms with Gasteiger partial charge in [-0.1, -0.05) is 0 Å². The van der Waals surface area contributed by atoms with Crippen LogP contribution in [0.3, 0.4) is 0 Å². The van der Waals surface area contributed by atoms with Gasteiger partial charge in [0.25, 0.3) is 0 Å². The Morgan fingerprint density at radius 1 is 1.33 bits per heavy atom. The highest BCUT2D eigenvalue weighted by Crippen LogP contribution is 2.32. The summed E-state index contributed by atoms with van der Waals surface area (Å²) in [5.74, 6) is -0.306. The summed E-state index contributed by atoms with van der Waals surface area (Å²) in [4.78, 5) is 22.3. The molecule has 6 nitrogen and oxygen atoms in total. The average molecular weight is 256 g/mol. The molecule has 1 heterocycles. The third-order valence-electron chi connectivity index (χ3n) is 3.56. The monoisotopic (exact) mass is 256 g/mol.